The summed E-state index contributed by atoms with van der Waals surface area (Å²) in [6, 6.07) is -0.953. The molecule has 0 fully saturated rings. The van der Waals surface area contributed by atoms with Crippen molar-refractivity contribution in [2.75, 3.05) is 7.05 Å². The monoisotopic (exact) mass is 267 g/mol. The summed E-state index contributed by atoms with van der Waals surface area (Å²) in [6.07, 6.45) is -1.73. The highest BCUT2D eigenvalue weighted by Crippen LogP contribution is 2.23. The van der Waals surface area contributed by atoms with Gasteiger partial charge in [-0.1, -0.05) is 0 Å². The van der Waals surface area contributed by atoms with E-state index < -0.39 is 36.0 Å². The average Bonchev–Trinajstić information content (AvgIpc) is 2.12. The van der Waals surface area contributed by atoms with Gasteiger partial charge in [-0.25, -0.2) is 9.59 Å². The van der Waals surface area contributed by atoms with Crippen molar-refractivity contribution in [1.82, 2.24) is 4.90 Å². The van der Waals surface area contributed by atoms with Crippen LogP contribution in [0.5, 0.6) is 0 Å². The summed E-state index contributed by atoms with van der Waals surface area (Å²) >= 11 is 0. The number of halogens is 2. The molecule has 0 aliphatic heterocycles. The standard InChI is InChI=1S/C11H19F2NO4/c1-7(6-11(12,13)8(15)16)14(5)9(17)18-10(2,3)4/h7H,6H2,1-5H3,(H,15,16). The lowest BCUT2D eigenvalue weighted by atomic mass is 10.1. The molecule has 0 bridgehead atoms. The van der Waals surface area contributed by atoms with E-state index in [9.17, 15) is 18.4 Å². The number of carboxylic acid groups (broad SMARTS) is 1. The van der Waals surface area contributed by atoms with Crippen molar-refractivity contribution >= 4 is 12.1 Å². The molecule has 5 nitrogen and oxygen atoms in total. The number of aliphatic carboxylic acids is 1. The van der Waals surface area contributed by atoms with E-state index in [-0.39, 0.29) is 0 Å². The Labute approximate surface area is 105 Å². The van der Waals surface area contributed by atoms with Gasteiger partial charge in [-0.05, 0) is 27.7 Å². The largest absolute Gasteiger partial charge is 0.477 e. The topological polar surface area (TPSA) is 66.8 Å². The third kappa shape index (κ3) is 5.29. The van der Waals surface area contributed by atoms with Gasteiger partial charge in [0, 0.05) is 19.5 Å². The maximum Gasteiger partial charge on any atom is 0.410 e. The predicted octanol–water partition coefficient (Wildman–Crippen LogP) is 2.35. The summed E-state index contributed by atoms with van der Waals surface area (Å²) < 4.78 is 31.0. The highest BCUT2D eigenvalue weighted by molar-refractivity contribution is 5.75. The first-order valence-corrected chi connectivity index (χ1v) is 5.44. The summed E-state index contributed by atoms with van der Waals surface area (Å²) in [5.74, 6) is -6.07. The van der Waals surface area contributed by atoms with E-state index in [1.807, 2.05) is 0 Å². The summed E-state index contributed by atoms with van der Waals surface area (Å²) in [6.45, 7) is 6.28. The van der Waals surface area contributed by atoms with Gasteiger partial charge in [-0.2, -0.15) is 8.78 Å². The van der Waals surface area contributed by atoms with Crippen LogP contribution in [0, 0.1) is 0 Å². The Kier molecular flexibility index (Phi) is 5.07. The summed E-state index contributed by atoms with van der Waals surface area (Å²) in [4.78, 5) is 22.8. The van der Waals surface area contributed by atoms with Gasteiger partial charge >= 0.3 is 18.0 Å². The Morgan fingerprint density at radius 1 is 1.33 bits per heavy atom. The maximum absolute atomic E-state index is 13.0. The molecule has 0 saturated heterocycles. The average molecular weight is 267 g/mol. The van der Waals surface area contributed by atoms with Crippen molar-refractivity contribution in [3.8, 4) is 0 Å². The lowest BCUT2D eigenvalue weighted by Gasteiger charge is -2.29. The Bertz CT molecular complexity index is 325. The molecular formula is C11H19F2NO4. The second-order valence-electron chi connectivity index (χ2n) is 5.15. The van der Waals surface area contributed by atoms with E-state index in [1.54, 1.807) is 20.8 Å². The zero-order chi connectivity index (χ0) is 14.7. The van der Waals surface area contributed by atoms with Crippen LogP contribution in [0.2, 0.25) is 0 Å². The predicted molar refractivity (Wildman–Crippen MR) is 60.7 cm³/mol. The van der Waals surface area contributed by atoms with Gasteiger partial charge in [-0.15, -0.1) is 0 Å². The van der Waals surface area contributed by atoms with Gasteiger partial charge in [0.05, 0.1) is 0 Å². The first kappa shape index (κ1) is 16.6. The minimum Gasteiger partial charge on any atom is -0.477 e. The maximum atomic E-state index is 13.0. The van der Waals surface area contributed by atoms with E-state index in [0.717, 1.165) is 4.90 Å². The number of carbonyl (C=O) groups excluding carboxylic acids is 1. The second kappa shape index (κ2) is 5.49. The molecule has 18 heavy (non-hydrogen) atoms. The normalized spacial score (nSPS) is 13.9. The van der Waals surface area contributed by atoms with Gasteiger partial charge in [0.1, 0.15) is 5.60 Å². The fraction of sp³-hybridized carbons (Fsp3) is 0.818. The molecule has 0 heterocycles. The van der Waals surface area contributed by atoms with Crippen molar-refractivity contribution in [2.24, 2.45) is 0 Å². The van der Waals surface area contributed by atoms with Crippen LogP contribution in [0.4, 0.5) is 13.6 Å². The third-order valence-electron chi connectivity index (χ3n) is 2.21. The number of carboxylic acids is 1. The Balaban J connectivity index is 4.57. The van der Waals surface area contributed by atoms with Crippen molar-refractivity contribution in [3.05, 3.63) is 0 Å². The van der Waals surface area contributed by atoms with Crippen LogP contribution in [0.3, 0.4) is 0 Å². The van der Waals surface area contributed by atoms with Gasteiger partial charge in [0.2, 0.25) is 0 Å². The number of alkyl halides is 2. The van der Waals surface area contributed by atoms with Gasteiger partial charge in [0.15, 0.2) is 0 Å². The molecule has 0 aromatic heterocycles. The minimum absolute atomic E-state index is 0.736. The van der Waals surface area contributed by atoms with Crippen LogP contribution >= 0.6 is 0 Å². The molecule has 0 aromatic rings. The molecule has 0 aromatic carbocycles. The fourth-order valence-electron chi connectivity index (χ4n) is 1.11. The number of nitrogens with zero attached hydrogens (tertiary/aromatic N) is 1. The highest BCUT2D eigenvalue weighted by Gasteiger charge is 2.41. The van der Waals surface area contributed by atoms with Crippen molar-refractivity contribution in [1.29, 1.82) is 0 Å². The van der Waals surface area contributed by atoms with Crippen LogP contribution in [-0.4, -0.2) is 46.7 Å². The van der Waals surface area contributed by atoms with Crippen LogP contribution in [-0.2, 0) is 9.53 Å². The molecule has 1 unspecified atom stereocenters. The van der Waals surface area contributed by atoms with Gasteiger partial charge < -0.3 is 14.7 Å². The number of hydrogen-bond acceptors (Lipinski definition) is 3. The molecule has 0 radical (unpaired) electrons. The number of carbonyl (C=O) groups is 2. The first-order chi connectivity index (χ1) is 7.87. The van der Waals surface area contributed by atoms with Crippen LogP contribution in [0.25, 0.3) is 0 Å². The summed E-state index contributed by atoms with van der Waals surface area (Å²) in [5, 5.41) is 8.31. The fourth-order valence-corrected chi connectivity index (χ4v) is 1.11. The van der Waals surface area contributed by atoms with Gasteiger partial charge in [0.25, 0.3) is 0 Å². The van der Waals surface area contributed by atoms with Crippen molar-refractivity contribution in [3.63, 3.8) is 0 Å². The minimum atomic E-state index is -3.87. The Morgan fingerprint density at radius 3 is 2.11 bits per heavy atom. The molecule has 106 valence electrons. The van der Waals surface area contributed by atoms with Crippen LogP contribution in [0.1, 0.15) is 34.1 Å². The zero-order valence-corrected chi connectivity index (χ0v) is 11.2. The molecule has 1 atom stereocenters. The number of ether oxygens (including phenoxy) is 1. The van der Waals surface area contributed by atoms with E-state index in [2.05, 4.69) is 0 Å². The van der Waals surface area contributed by atoms with Crippen LogP contribution < -0.4 is 0 Å². The number of rotatable bonds is 4. The summed E-state index contributed by atoms with van der Waals surface area (Å²) in [5.41, 5.74) is -0.736. The smallest absolute Gasteiger partial charge is 0.410 e. The first-order valence-electron chi connectivity index (χ1n) is 5.44. The van der Waals surface area contributed by atoms with E-state index in [0.29, 0.717) is 0 Å². The molecular weight excluding hydrogens is 248 g/mol. The van der Waals surface area contributed by atoms with Gasteiger partial charge in [-0.3, -0.25) is 0 Å². The third-order valence-corrected chi connectivity index (χ3v) is 2.21. The summed E-state index contributed by atoms with van der Waals surface area (Å²) in [7, 11) is 1.29. The van der Waals surface area contributed by atoms with Crippen molar-refractivity contribution in [2.45, 2.75) is 51.7 Å². The lowest BCUT2D eigenvalue weighted by molar-refractivity contribution is -0.167. The molecule has 0 saturated carbocycles. The molecule has 0 aliphatic rings. The van der Waals surface area contributed by atoms with E-state index in [1.165, 1.54) is 14.0 Å². The lowest BCUT2D eigenvalue weighted by Crippen LogP contribution is -2.43. The molecule has 7 heteroatoms. The second-order valence-corrected chi connectivity index (χ2v) is 5.15. The van der Waals surface area contributed by atoms with E-state index in [4.69, 9.17) is 9.84 Å². The highest BCUT2D eigenvalue weighted by atomic mass is 19.3. The number of hydrogen-bond donors (Lipinski definition) is 1. The zero-order valence-electron chi connectivity index (χ0n) is 11.2. The quantitative estimate of drug-likeness (QED) is 0.849. The molecule has 0 spiro atoms. The molecule has 0 rings (SSSR count). The molecule has 0 aliphatic carbocycles. The SMILES string of the molecule is CC(CC(F)(F)C(=O)O)N(C)C(=O)OC(C)(C)C. The Morgan fingerprint density at radius 2 is 1.78 bits per heavy atom. The number of amides is 1. The van der Waals surface area contributed by atoms with E-state index >= 15 is 0 Å². The van der Waals surface area contributed by atoms with Crippen LogP contribution in [0.15, 0.2) is 0 Å². The molecule has 1 amide bonds. The molecule has 1 N–H and O–H groups in total. The van der Waals surface area contributed by atoms with Crippen molar-refractivity contribution < 1.29 is 28.2 Å². The Hall–Kier alpha value is -1.40.